The van der Waals surface area contributed by atoms with Crippen LogP contribution in [0.4, 0.5) is 11.8 Å². The van der Waals surface area contributed by atoms with Crippen molar-refractivity contribution in [3.63, 3.8) is 0 Å². The third-order valence-corrected chi connectivity index (χ3v) is 8.27. The lowest BCUT2D eigenvalue weighted by atomic mass is 9.82. The predicted molar refractivity (Wildman–Crippen MR) is 135 cm³/mol. The fourth-order valence-corrected chi connectivity index (χ4v) is 6.11. The zero-order chi connectivity index (χ0) is 24.7. The molecular weight excluding hydrogens is 468 g/mol. The smallest absolute Gasteiger partial charge is 0.224 e. The summed E-state index contributed by atoms with van der Waals surface area (Å²) in [5.41, 5.74) is 3.21. The van der Waals surface area contributed by atoms with Gasteiger partial charge in [-0.25, -0.2) is 9.97 Å². The van der Waals surface area contributed by atoms with E-state index in [1.807, 2.05) is 19.9 Å². The summed E-state index contributed by atoms with van der Waals surface area (Å²) >= 11 is 1.54. The maximum absolute atomic E-state index is 10.6. The van der Waals surface area contributed by atoms with Crippen LogP contribution < -0.4 is 10.6 Å². The number of aryl methyl sites for hydroxylation is 2. The van der Waals surface area contributed by atoms with Crippen molar-refractivity contribution in [3.8, 4) is 10.6 Å². The maximum Gasteiger partial charge on any atom is 0.224 e. The van der Waals surface area contributed by atoms with E-state index in [-0.39, 0.29) is 6.61 Å². The van der Waals surface area contributed by atoms with Gasteiger partial charge in [0, 0.05) is 32.4 Å². The molecule has 0 spiro atoms. The summed E-state index contributed by atoms with van der Waals surface area (Å²) in [6, 6.07) is 1.48. The van der Waals surface area contributed by atoms with Crippen LogP contribution in [-0.2, 0) is 4.74 Å². The van der Waals surface area contributed by atoms with E-state index in [2.05, 4.69) is 15.6 Å². The summed E-state index contributed by atoms with van der Waals surface area (Å²) in [5.74, 6) is 1.16. The lowest BCUT2D eigenvalue weighted by Gasteiger charge is -2.34. The van der Waals surface area contributed by atoms with Gasteiger partial charge in [0.05, 0.1) is 39.9 Å². The molecule has 2 aliphatic carbocycles. The van der Waals surface area contributed by atoms with Crippen LogP contribution in [0, 0.1) is 25.7 Å². The average Bonchev–Trinajstić information content (AvgIpc) is 3.35. The highest BCUT2D eigenvalue weighted by atomic mass is 32.1. The molecule has 0 radical (unpaired) electrons. The van der Waals surface area contributed by atoms with Gasteiger partial charge < -0.3 is 30.7 Å². The molecule has 10 nitrogen and oxygen atoms in total. The Morgan fingerprint density at radius 2 is 1.89 bits per heavy atom. The van der Waals surface area contributed by atoms with Crippen molar-refractivity contribution in [1.82, 2.24) is 19.9 Å². The van der Waals surface area contributed by atoms with Crippen LogP contribution in [0.5, 0.6) is 0 Å². The minimum atomic E-state index is -1.02. The number of aliphatic hydroxyl groups is 3. The monoisotopic (exact) mass is 500 g/mol. The predicted octanol–water partition coefficient (Wildman–Crippen LogP) is 2.12. The van der Waals surface area contributed by atoms with E-state index in [1.54, 1.807) is 13.3 Å². The van der Waals surface area contributed by atoms with Crippen LogP contribution in [0.2, 0.25) is 0 Å². The Hall–Kier alpha value is -2.44. The Kier molecular flexibility index (Phi) is 6.86. The van der Waals surface area contributed by atoms with Crippen molar-refractivity contribution < 1.29 is 20.1 Å². The first-order valence-corrected chi connectivity index (χ1v) is 12.8. The molecule has 0 aromatic carbocycles. The Morgan fingerprint density at radius 3 is 2.57 bits per heavy atom. The zero-order valence-electron chi connectivity index (χ0n) is 20.1. The summed E-state index contributed by atoms with van der Waals surface area (Å²) in [6.45, 7) is 4.42. The van der Waals surface area contributed by atoms with Gasteiger partial charge in [-0.3, -0.25) is 4.98 Å². The zero-order valence-corrected chi connectivity index (χ0v) is 20.9. The SMILES string of the molecule is CO[C@H]1C[C@H](CNc2nc(C)c(-c3nc4c(C)nccc4s3)c(N[C@@H]3C[C@H](CO)[C@@H](O)[C@H]3O)n2)C1. The summed E-state index contributed by atoms with van der Waals surface area (Å²) in [7, 11) is 1.74. The largest absolute Gasteiger partial charge is 0.396 e. The quantitative estimate of drug-likeness (QED) is 0.312. The second kappa shape index (κ2) is 9.90. The number of aromatic nitrogens is 4. The van der Waals surface area contributed by atoms with Gasteiger partial charge in [-0.1, -0.05) is 0 Å². The fraction of sp³-hybridized carbons (Fsp3) is 0.583. The van der Waals surface area contributed by atoms with Crippen LogP contribution in [0.3, 0.4) is 0 Å². The highest BCUT2D eigenvalue weighted by Gasteiger charge is 2.41. The number of pyridine rings is 1. The Bertz CT molecular complexity index is 1200. The van der Waals surface area contributed by atoms with E-state index >= 15 is 0 Å². The maximum atomic E-state index is 10.6. The number of ether oxygens (including phenoxy) is 1. The normalized spacial score (nSPS) is 28.3. The number of hydrogen-bond acceptors (Lipinski definition) is 11. The molecular formula is C24H32N6O4S. The molecule has 4 atom stereocenters. The number of rotatable bonds is 8. The van der Waals surface area contributed by atoms with E-state index in [1.165, 1.54) is 11.3 Å². The average molecular weight is 501 g/mol. The van der Waals surface area contributed by atoms with E-state index < -0.39 is 24.2 Å². The molecule has 3 aromatic heterocycles. The molecule has 3 heterocycles. The topological polar surface area (TPSA) is 146 Å². The highest BCUT2D eigenvalue weighted by molar-refractivity contribution is 7.21. The molecule has 3 aromatic rings. The molecule has 35 heavy (non-hydrogen) atoms. The molecule has 0 bridgehead atoms. The number of fused-ring (bicyclic) bond motifs is 1. The van der Waals surface area contributed by atoms with Crippen LogP contribution >= 0.6 is 11.3 Å². The van der Waals surface area contributed by atoms with Gasteiger partial charge in [-0.2, -0.15) is 4.98 Å². The Balaban J connectivity index is 1.47. The molecule has 0 unspecified atom stereocenters. The molecule has 0 saturated heterocycles. The van der Waals surface area contributed by atoms with Crippen molar-refractivity contribution in [3.05, 3.63) is 23.7 Å². The third kappa shape index (κ3) is 4.70. The molecule has 5 rings (SSSR count). The molecule has 2 fully saturated rings. The number of nitrogens with zero attached hydrogens (tertiary/aromatic N) is 4. The van der Waals surface area contributed by atoms with Crippen molar-refractivity contribution in [2.75, 3.05) is 30.9 Å². The number of thiazole rings is 1. The standard InChI is InChI=1S/C24H32N6O4S/c1-11-18(23-29-19-12(2)25-5-4-17(19)35-23)22(28-16-8-14(10-31)20(32)21(16)33)30-24(27-11)26-9-13-6-15(7-13)34-3/h4-5,13-16,20-21,31-33H,6-10H2,1-3H3,(H2,26,27,28,30)/t13-,14-,15-,16-,20-,21+/m1/s1. The number of anilines is 2. The summed E-state index contributed by atoms with van der Waals surface area (Å²) < 4.78 is 6.40. The van der Waals surface area contributed by atoms with Gasteiger partial charge in [0.25, 0.3) is 0 Å². The number of aliphatic hydroxyl groups excluding tert-OH is 3. The van der Waals surface area contributed by atoms with Gasteiger partial charge in [-0.05, 0) is 45.1 Å². The van der Waals surface area contributed by atoms with Crippen LogP contribution in [0.15, 0.2) is 12.3 Å². The van der Waals surface area contributed by atoms with E-state index in [4.69, 9.17) is 19.7 Å². The first kappa shape index (κ1) is 24.3. The molecule has 2 saturated carbocycles. The summed E-state index contributed by atoms with van der Waals surface area (Å²) in [5, 5.41) is 38.0. The second-order valence-corrected chi connectivity index (χ2v) is 10.6. The fourth-order valence-electron chi connectivity index (χ4n) is 5.00. The first-order valence-electron chi connectivity index (χ1n) is 12.0. The number of methoxy groups -OCH3 is 1. The minimum Gasteiger partial charge on any atom is -0.396 e. The van der Waals surface area contributed by atoms with Gasteiger partial charge >= 0.3 is 0 Å². The third-order valence-electron chi connectivity index (χ3n) is 7.23. The van der Waals surface area contributed by atoms with Crippen molar-refractivity contribution in [2.45, 2.75) is 57.5 Å². The van der Waals surface area contributed by atoms with Crippen LogP contribution in [0.1, 0.15) is 30.7 Å². The van der Waals surface area contributed by atoms with Gasteiger partial charge in [0.1, 0.15) is 22.4 Å². The molecule has 188 valence electrons. The first-order chi connectivity index (χ1) is 16.9. The van der Waals surface area contributed by atoms with Crippen molar-refractivity contribution >= 4 is 33.3 Å². The summed E-state index contributed by atoms with van der Waals surface area (Å²) in [6.07, 6.45) is 2.54. The van der Waals surface area contributed by atoms with Crippen LogP contribution in [0.25, 0.3) is 20.8 Å². The van der Waals surface area contributed by atoms with E-state index in [0.717, 1.165) is 51.6 Å². The van der Waals surface area contributed by atoms with Gasteiger partial charge in [0.15, 0.2) is 0 Å². The molecule has 0 aliphatic heterocycles. The molecule has 5 N–H and O–H groups in total. The van der Waals surface area contributed by atoms with E-state index in [0.29, 0.717) is 30.2 Å². The van der Waals surface area contributed by atoms with Gasteiger partial charge in [0.2, 0.25) is 5.95 Å². The van der Waals surface area contributed by atoms with E-state index in [9.17, 15) is 15.3 Å². The Morgan fingerprint density at radius 1 is 1.09 bits per heavy atom. The molecule has 11 heteroatoms. The second-order valence-electron chi connectivity index (χ2n) is 9.60. The van der Waals surface area contributed by atoms with Crippen molar-refractivity contribution in [2.24, 2.45) is 11.8 Å². The Labute approximate surface area is 207 Å². The minimum absolute atomic E-state index is 0.188. The number of nitrogens with one attached hydrogen (secondary N) is 2. The molecule has 0 amide bonds. The summed E-state index contributed by atoms with van der Waals surface area (Å²) in [4.78, 5) is 18.7. The lowest BCUT2D eigenvalue weighted by Crippen LogP contribution is -2.36. The van der Waals surface area contributed by atoms with Gasteiger partial charge in [-0.15, -0.1) is 11.3 Å². The molecule has 2 aliphatic rings. The number of hydrogen-bond donors (Lipinski definition) is 5. The van der Waals surface area contributed by atoms with Crippen molar-refractivity contribution in [1.29, 1.82) is 0 Å². The highest BCUT2D eigenvalue weighted by Crippen LogP contribution is 2.38. The lowest BCUT2D eigenvalue weighted by molar-refractivity contribution is 0.00444. The van der Waals surface area contributed by atoms with Crippen LogP contribution in [-0.4, -0.2) is 79.9 Å².